The van der Waals surface area contributed by atoms with Crippen LogP contribution in [0.1, 0.15) is 31.8 Å². The highest BCUT2D eigenvalue weighted by Crippen LogP contribution is 2.21. The summed E-state index contributed by atoms with van der Waals surface area (Å²) in [6.07, 6.45) is 1.67. The van der Waals surface area contributed by atoms with Crippen LogP contribution >= 0.6 is 11.3 Å². The zero-order valence-corrected chi connectivity index (χ0v) is 14.5. The van der Waals surface area contributed by atoms with Crippen molar-refractivity contribution in [3.8, 4) is 0 Å². The standard InChI is InChI=1S/C18H19NO4S/c1-13-5-7-16(24-13)12-19(10-14-4-3-9-22-14)11-15-6-8-17(23-15)18(20)21-2/h3-9H,10-12H2,1-2H3. The highest BCUT2D eigenvalue weighted by atomic mass is 32.1. The van der Waals surface area contributed by atoms with Gasteiger partial charge in [0.25, 0.3) is 0 Å². The number of carbonyl (C=O) groups excluding carboxylic acids is 1. The minimum Gasteiger partial charge on any atom is -0.468 e. The predicted molar refractivity (Wildman–Crippen MR) is 90.8 cm³/mol. The van der Waals surface area contributed by atoms with Gasteiger partial charge >= 0.3 is 5.97 Å². The topological polar surface area (TPSA) is 55.8 Å². The van der Waals surface area contributed by atoms with Gasteiger partial charge in [-0.15, -0.1) is 11.3 Å². The Bertz CT molecular complexity index is 788. The third-order valence-corrected chi connectivity index (χ3v) is 4.55. The molecule has 3 heterocycles. The Morgan fingerprint density at radius 2 is 1.96 bits per heavy atom. The SMILES string of the molecule is COC(=O)c1ccc(CN(Cc2ccco2)Cc2ccc(C)s2)o1. The Hall–Kier alpha value is -2.31. The van der Waals surface area contributed by atoms with Gasteiger partial charge in [0.1, 0.15) is 11.5 Å². The van der Waals surface area contributed by atoms with Gasteiger partial charge in [0.2, 0.25) is 5.76 Å². The second-order valence-electron chi connectivity index (χ2n) is 5.49. The summed E-state index contributed by atoms with van der Waals surface area (Å²) in [7, 11) is 1.34. The molecular formula is C18H19NO4S. The van der Waals surface area contributed by atoms with Crippen molar-refractivity contribution in [1.82, 2.24) is 4.90 Å². The number of methoxy groups -OCH3 is 1. The molecule has 0 unspecified atom stereocenters. The smallest absolute Gasteiger partial charge is 0.373 e. The van der Waals surface area contributed by atoms with E-state index in [1.54, 1.807) is 29.7 Å². The lowest BCUT2D eigenvalue weighted by atomic mass is 10.3. The van der Waals surface area contributed by atoms with Crippen LogP contribution in [0.4, 0.5) is 0 Å². The van der Waals surface area contributed by atoms with E-state index < -0.39 is 5.97 Å². The summed E-state index contributed by atoms with van der Waals surface area (Å²) in [5.41, 5.74) is 0. The fourth-order valence-corrected chi connectivity index (χ4v) is 3.41. The fraction of sp³-hybridized carbons (Fsp3) is 0.278. The predicted octanol–water partition coefficient (Wildman–Crippen LogP) is 4.23. The highest BCUT2D eigenvalue weighted by Gasteiger charge is 2.16. The van der Waals surface area contributed by atoms with E-state index in [9.17, 15) is 4.79 Å². The van der Waals surface area contributed by atoms with Crippen LogP contribution in [0.2, 0.25) is 0 Å². The van der Waals surface area contributed by atoms with Crippen LogP contribution in [-0.4, -0.2) is 18.0 Å². The van der Waals surface area contributed by atoms with E-state index in [0.717, 1.165) is 18.1 Å². The molecule has 3 rings (SSSR count). The minimum atomic E-state index is -0.465. The van der Waals surface area contributed by atoms with Gasteiger partial charge in [-0.3, -0.25) is 4.90 Å². The van der Waals surface area contributed by atoms with E-state index in [4.69, 9.17) is 8.83 Å². The molecule has 126 valence electrons. The average Bonchev–Trinajstić information content (AvgIpc) is 3.30. The maximum absolute atomic E-state index is 11.5. The first-order chi connectivity index (χ1) is 11.6. The second-order valence-corrected chi connectivity index (χ2v) is 6.87. The molecule has 24 heavy (non-hydrogen) atoms. The van der Waals surface area contributed by atoms with Crippen molar-refractivity contribution in [3.63, 3.8) is 0 Å². The van der Waals surface area contributed by atoms with Gasteiger partial charge in [-0.2, -0.15) is 0 Å². The molecule has 0 bridgehead atoms. The molecule has 0 aliphatic carbocycles. The van der Waals surface area contributed by atoms with Crippen molar-refractivity contribution < 1.29 is 18.4 Å². The summed E-state index contributed by atoms with van der Waals surface area (Å²) < 4.78 is 15.7. The summed E-state index contributed by atoms with van der Waals surface area (Å²) >= 11 is 1.78. The summed E-state index contributed by atoms with van der Waals surface area (Å²) in [5.74, 6) is 1.36. The number of rotatable bonds is 7. The van der Waals surface area contributed by atoms with Gasteiger partial charge < -0.3 is 13.6 Å². The summed E-state index contributed by atoms with van der Waals surface area (Å²) in [4.78, 5) is 16.3. The number of hydrogen-bond acceptors (Lipinski definition) is 6. The van der Waals surface area contributed by atoms with Crippen LogP contribution in [0, 0.1) is 6.92 Å². The van der Waals surface area contributed by atoms with Crippen molar-refractivity contribution in [1.29, 1.82) is 0 Å². The Labute approximate surface area is 144 Å². The molecule has 3 aromatic heterocycles. The fourth-order valence-electron chi connectivity index (χ4n) is 2.47. The lowest BCUT2D eigenvalue weighted by Gasteiger charge is -2.19. The van der Waals surface area contributed by atoms with E-state index in [2.05, 4.69) is 28.7 Å². The molecule has 0 fully saturated rings. The Balaban J connectivity index is 1.73. The van der Waals surface area contributed by atoms with Crippen LogP contribution in [-0.2, 0) is 24.4 Å². The molecule has 0 radical (unpaired) electrons. The molecule has 0 spiro atoms. The van der Waals surface area contributed by atoms with Gasteiger partial charge in [0.15, 0.2) is 0 Å². The molecule has 0 aromatic carbocycles. The van der Waals surface area contributed by atoms with Gasteiger partial charge in [-0.1, -0.05) is 0 Å². The van der Waals surface area contributed by atoms with Crippen molar-refractivity contribution in [2.75, 3.05) is 7.11 Å². The number of hydrogen-bond donors (Lipinski definition) is 0. The van der Waals surface area contributed by atoms with Crippen LogP contribution in [0.3, 0.4) is 0 Å². The van der Waals surface area contributed by atoms with Crippen molar-refractivity contribution >= 4 is 17.3 Å². The zero-order valence-electron chi connectivity index (χ0n) is 13.7. The molecular weight excluding hydrogens is 326 g/mol. The van der Waals surface area contributed by atoms with Crippen LogP contribution in [0.5, 0.6) is 0 Å². The average molecular weight is 345 g/mol. The Morgan fingerprint density at radius 1 is 1.12 bits per heavy atom. The quantitative estimate of drug-likeness (QED) is 0.600. The lowest BCUT2D eigenvalue weighted by molar-refractivity contribution is 0.0560. The third-order valence-electron chi connectivity index (χ3n) is 3.56. The molecule has 6 heteroatoms. The molecule has 3 aromatic rings. The van der Waals surface area contributed by atoms with Gasteiger partial charge in [0.05, 0.1) is 26.5 Å². The van der Waals surface area contributed by atoms with Gasteiger partial charge in [-0.05, 0) is 43.3 Å². The van der Waals surface area contributed by atoms with Crippen molar-refractivity contribution in [2.45, 2.75) is 26.6 Å². The number of furan rings is 2. The minimum absolute atomic E-state index is 0.220. The van der Waals surface area contributed by atoms with Crippen LogP contribution < -0.4 is 0 Å². The first kappa shape index (κ1) is 16.5. The largest absolute Gasteiger partial charge is 0.468 e. The lowest BCUT2D eigenvalue weighted by Crippen LogP contribution is -2.21. The van der Waals surface area contributed by atoms with E-state index in [-0.39, 0.29) is 5.76 Å². The maximum atomic E-state index is 11.5. The first-order valence-electron chi connectivity index (χ1n) is 7.61. The monoisotopic (exact) mass is 345 g/mol. The number of esters is 1. The Kier molecular flexibility index (Phi) is 5.17. The number of thiophene rings is 1. The maximum Gasteiger partial charge on any atom is 0.373 e. The second kappa shape index (κ2) is 7.51. The molecule has 0 saturated heterocycles. The highest BCUT2D eigenvalue weighted by molar-refractivity contribution is 7.11. The summed E-state index contributed by atoms with van der Waals surface area (Å²) in [6.45, 7) is 4.13. The normalized spacial score (nSPS) is 11.1. The molecule has 0 aliphatic heterocycles. The molecule has 5 nitrogen and oxygen atoms in total. The summed E-state index contributed by atoms with van der Waals surface area (Å²) in [6, 6.07) is 11.5. The Morgan fingerprint density at radius 3 is 2.62 bits per heavy atom. The first-order valence-corrected chi connectivity index (χ1v) is 8.43. The molecule has 0 N–H and O–H groups in total. The number of carbonyl (C=O) groups is 1. The van der Waals surface area contributed by atoms with E-state index >= 15 is 0 Å². The van der Waals surface area contributed by atoms with Crippen molar-refractivity contribution in [2.24, 2.45) is 0 Å². The molecule has 0 amide bonds. The number of ether oxygens (including phenoxy) is 1. The van der Waals surface area contributed by atoms with E-state index in [1.807, 2.05) is 12.1 Å². The van der Waals surface area contributed by atoms with Crippen LogP contribution in [0.15, 0.2) is 51.5 Å². The van der Waals surface area contributed by atoms with Crippen LogP contribution in [0.25, 0.3) is 0 Å². The third kappa shape index (κ3) is 4.15. The molecule has 0 aliphatic rings. The number of aryl methyl sites for hydroxylation is 1. The van der Waals surface area contributed by atoms with E-state index in [0.29, 0.717) is 13.1 Å². The molecule has 0 saturated carbocycles. The van der Waals surface area contributed by atoms with E-state index in [1.165, 1.54) is 16.9 Å². The van der Waals surface area contributed by atoms with Gasteiger partial charge in [0, 0.05) is 16.3 Å². The molecule has 0 atom stereocenters. The zero-order chi connectivity index (χ0) is 16.9. The van der Waals surface area contributed by atoms with Crippen molar-refractivity contribution in [3.05, 3.63) is 69.7 Å². The number of nitrogens with zero attached hydrogens (tertiary/aromatic N) is 1. The van der Waals surface area contributed by atoms with Gasteiger partial charge in [-0.25, -0.2) is 4.79 Å². The summed E-state index contributed by atoms with van der Waals surface area (Å²) in [5, 5.41) is 0.